The Hall–Kier alpha value is -2.45. The molecule has 0 radical (unpaired) electrons. The summed E-state index contributed by atoms with van der Waals surface area (Å²) in [5.74, 6) is 0. The van der Waals surface area contributed by atoms with E-state index >= 15 is 0 Å². The summed E-state index contributed by atoms with van der Waals surface area (Å²) in [5.41, 5.74) is 7.31. The van der Waals surface area contributed by atoms with E-state index in [1.165, 1.54) is 22.3 Å². The van der Waals surface area contributed by atoms with Gasteiger partial charge in [-0.3, -0.25) is 0 Å². The number of rotatable bonds is 5. The molecule has 0 atom stereocenters. The van der Waals surface area contributed by atoms with Crippen LogP contribution in [-0.4, -0.2) is 9.97 Å². The van der Waals surface area contributed by atoms with E-state index < -0.39 is 0 Å². The summed E-state index contributed by atoms with van der Waals surface area (Å²) in [6, 6.07) is 19.1. The van der Waals surface area contributed by atoms with Crippen LogP contribution in [0.1, 0.15) is 33.6 Å². The van der Waals surface area contributed by atoms with Gasteiger partial charge in [0.25, 0.3) is 0 Å². The first kappa shape index (κ1) is 16.0. The van der Waals surface area contributed by atoms with Crippen LogP contribution in [0.4, 0.5) is 0 Å². The van der Waals surface area contributed by atoms with Gasteiger partial charge >= 0.3 is 0 Å². The Bertz CT molecular complexity index is 917. The minimum absolute atomic E-state index is 0.334. The summed E-state index contributed by atoms with van der Waals surface area (Å²) in [6.07, 6.45) is 8.08. The smallest absolute Gasteiger partial charge is 0.222 e. The molecule has 0 spiro atoms. The summed E-state index contributed by atoms with van der Waals surface area (Å²) in [5, 5.41) is 0.334. The SMILES string of the molecule is Clc1nc(CCc2ccc3c(c2)C=CC3)cc(Cc2ccccc2)n1. The number of fused-ring (bicyclic) bond motifs is 1. The van der Waals surface area contributed by atoms with Gasteiger partial charge in [-0.25, -0.2) is 9.97 Å². The van der Waals surface area contributed by atoms with Crippen molar-refractivity contribution in [1.29, 1.82) is 0 Å². The van der Waals surface area contributed by atoms with E-state index in [9.17, 15) is 0 Å². The molecule has 1 aliphatic rings. The molecular formula is C22H19ClN2. The first-order valence-corrected chi connectivity index (χ1v) is 8.99. The van der Waals surface area contributed by atoms with Crippen LogP contribution in [0.15, 0.2) is 60.7 Å². The third-order valence-electron chi connectivity index (χ3n) is 4.55. The van der Waals surface area contributed by atoms with Gasteiger partial charge in [0.1, 0.15) is 0 Å². The zero-order valence-corrected chi connectivity index (χ0v) is 14.7. The van der Waals surface area contributed by atoms with Gasteiger partial charge in [-0.2, -0.15) is 0 Å². The van der Waals surface area contributed by atoms with E-state index in [4.69, 9.17) is 11.6 Å². The van der Waals surface area contributed by atoms with Gasteiger partial charge in [0, 0.05) is 17.8 Å². The predicted molar refractivity (Wildman–Crippen MR) is 103 cm³/mol. The lowest BCUT2D eigenvalue weighted by atomic mass is 10.0. The number of benzene rings is 2. The molecule has 0 saturated carbocycles. The molecule has 0 aliphatic heterocycles. The molecule has 0 bridgehead atoms. The number of allylic oxidation sites excluding steroid dienone is 1. The van der Waals surface area contributed by atoms with Crippen LogP contribution in [-0.2, 0) is 25.7 Å². The van der Waals surface area contributed by atoms with Crippen molar-refractivity contribution in [3.8, 4) is 0 Å². The molecule has 0 N–H and O–H groups in total. The van der Waals surface area contributed by atoms with Crippen LogP contribution in [0.5, 0.6) is 0 Å². The van der Waals surface area contributed by atoms with Crippen molar-refractivity contribution in [1.82, 2.24) is 9.97 Å². The summed E-state index contributed by atoms with van der Waals surface area (Å²) in [7, 11) is 0. The number of nitrogens with zero attached hydrogens (tertiary/aromatic N) is 2. The number of aromatic nitrogens is 2. The monoisotopic (exact) mass is 346 g/mol. The number of hydrogen-bond acceptors (Lipinski definition) is 2. The number of hydrogen-bond donors (Lipinski definition) is 0. The second-order valence-electron chi connectivity index (χ2n) is 6.42. The Kier molecular flexibility index (Phi) is 4.62. The standard InChI is InChI=1S/C22H19ClN2/c23-22-24-20(15-21(25-22)14-16-5-2-1-3-6-16)12-10-17-9-11-18-7-4-8-19(18)13-17/h1-6,8-9,11,13,15H,7,10,12,14H2. The Balaban J connectivity index is 1.48. The van der Waals surface area contributed by atoms with Crippen molar-refractivity contribution in [3.05, 3.63) is 99.6 Å². The Morgan fingerprint density at radius 2 is 1.68 bits per heavy atom. The van der Waals surface area contributed by atoms with Gasteiger partial charge in [0.15, 0.2) is 0 Å². The minimum Gasteiger partial charge on any atom is -0.223 e. The van der Waals surface area contributed by atoms with Crippen molar-refractivity contribution in [2.75, 3.05) is 0 Å². The van der Waals surface area contributed by atoms with Crippen molar-refractivity contribution in [3.63, 3.8) is 0 Å². The summed E-state index contributed by atoms with van der Waals surface area (Å²) in [4.78, 5) is 8.78. The Morgan fingerprint density at radius 3 is 2.56 bits per heavy atom. The van der Waals surface area contributed by atoms with E-state index in [1.807, 2.05) is 18.2 Å². The zero-order chi connectivity index (χ0) is 17.1. The maximum atomic E-state index is 6.14. The molecule has 3 heteroatoms. The maximum Gasteiger partial charge on any atom is 0.222 e. The lowest BCUT2D eigenvalue weighted by molar-refractivity contribution is 0.882. The molecule has 1 aliphatic carbocycles. The highest BCUT2D eigenvalue weighted by molar-refractivity contribution is 6.28. The van der Waals surface area contributed by atoms with E-state index in [1.54, 1.807) is 0 Å². The van der Waals surface area contributed by atoms with Crippen molar-refractivity contribution in [2.24, 2.45) is 0 Å². The van der Waals surface area contributed by atoms with Crippen LogP contribution in [0, 0.1) is 0 Å². The van der Waals surface area contributed by atoms with Crippen LogP contribution < -0.4 is 0 Å². The molecule has 0 unspecified atom stereocenters. The molecule has 1 aromatic heterocycles. The summed E-state index contributed by atoms with van der Waals surface area (Å²) >= 11 is 6.14. The fourth-order valence-corrected chi connectivity index (χ4v) is 3.49. The normalized spacial score (nSPS) is 12.4. The molecule has 2 nitrogen and oxygen atoms in total. The molecular weight excluding hydrogens is 328 g/mol. The quantitative estimate of drug-likeness (QED) is 0.602. The molecule has 124 valence electrons. The van der Waals surface area contributed by atoms with Crippen LogP contribution in [0.2, 0.25) is 5.28 Å². The minimum atomic E-state index is 0.334. The van der Waals surface area contributed by atoms with E-state index in [2.05, 4.69) is 58.5 Å². The second kappa shape index (κ2) is 7.20. The molecule has 0 amide bonds. The fraction of sp³-hybridized carbons (Fsp3) is 0.182. The van der Waals surface area contributed by atoms with Gasteiger partial charge in [-0.15, -0.1) is 0 Å². The van der Waals surface area contributed by atoms with Crippen molar-refractivity contribution < 1.29 is 0 Å². The lowest BCUT2D eigenvalue weighted by Crippen LogP contribution is -2.01. The van der Waals surface area contributed by atoms with Gasteiger partial charge in [0.2, 0.25) is 5.28 Å². The molecule has 2 aromatic carbocycles. The average molecular weight is 347 g/mol. The van der Waals surface area contributed by atoms with Gasteiger partial charge in [0.05, 0.1) is 0 Å². The van der Waals surface area contributed by atoms with Crippen LogP contribution >= 0.6 is 11.6 Å². The van der Waals surface area contributed by atoms with Crippen molar-refractivity contribution >= 4 is 17.7 Å². The Labute approximate surface area is 153 Å². The third kappa shape index (κ3) is 3.97. The highest BCUT2D eigenvalue weighted by Crippen LogP contribution is 2.21. The van der Waals surface area contributed by atoms with Crippen LogP contribution in [0.3, 0.4) is 0 Å². The fourth-order valence-electron chi connectivity index (χ4n) is 3.27. The topological polar surface area (TPSA) is 25.8 Å². The van der Waals surface area contributed by atoms with Gasteiger partial charge in [-0.1, -0.05) is 60.7 Å². The molecule has 1 heterocycles. The van der Waals surface area contributed by atoms with E-state index in [0.717, 1.165) is 37.1 Å². The van der Waals surface area contributed by atoms with Crippen LogP contribution in [0.25, 0.3) is 6.08 Å². The zero-order valence-electron chi connectivity index (χ0n) is 14.0. The molecule has 4 rings (SSSR count). The predicted octanol–water partition coefficient (Wildman–Crippen LogP) is 5.08. The van der Waals surface area contributed by atoms with Gasteiger partial charge in [-0.05, 0) is 59.2 Å². The first-order valence-electron chi connectivity index (χ1n) is 8.61. The lowest BCUT2D eigenvalue weighted by Gasteiger charge is -2.07. The number of aryl methyl sites for hydroxylation is 2. The van der Waals surface area contributed by atoms with Gasteiger partial charge < -0.3 is 0 Å². The van der Waals surface area contributed by atoms with Crippen molar-refractivity contribution in [2.45, 2.75) is 25.7 Å². The average Bonchev–Trinajstić information content (AvgIpc) is 3.08. The molecule has 0 saturated heterocycles. The molecule has 3 aromatic rings. The summed E-state index contributed by atoms with van der Waals surface area (Å²) in [6.45, 7) is 0. The molecule has 25 heavy (non-hydrogen) atoms. The second-order valence-corrected chi connectivity index (χ2v) is 6.76. The first-order chi connectivity index (χ1) is 12.3. The molecule has 0 fully saturated rings. The Morgan fingerprint density at radius 1 is 0.840 bits per heavy atom. The highest BCUT2D eigenvalue weighted by Gasteiger charge is 2.08. The van der Waals surface area contributed by atoms with E-state index in [-0.39, 0.29) is 0 Å². The summed E-state index contributed by atoms with van der Waals surface area (Å²) < 4.78 is 0. The van der Waals surface area contributed by atoms with E-state index in [0.29, 0.717) is 5.28 Å². The highest BCUT2D eigenvalue weighted by atomic mass is 35.5. The third-order valence-corrected chi connectivity index (χ3v) is 4.72. The maximum absolute atomic E-state index is 6.14. The number of halogens is 1. The largest absolute Gasteiger partial charge is 0.223 e.